The zero-order chi connectivity index (χ0) is 23.6. The Morgan fingerprint density at radius 2 is 1.56 bits per heavy atom. The van der Waals surface area contributed by atoms with E-state index in [4.69, 9.17) is 13.9 Å². The van der Waals surface area contributed by atoms with Crippen LogP contribution in [-0.4, -0.2) is 38.3 Å². The van der Waals surface area contributed by atoms with E-state index in [1.165, 1.54) is 25.9 Å². The minimum Gasteiger partial charge on any atom is -0.497 e. The Balaban J connectivity index is 0.00000267. The standard InChI is InChI=1S/C31H29NO3.ClH/c1-33-26-14-15-27-24(21-26)11-16-28-30(27)29(31(35-28)23-7-3-2-4-8-23)22-9-12-25(13-10-22)34-20-19-32-17-5-6-18-32;/h2-4,7-16,21H,5-6,17-20H2,1H3;1H. The maximum Gasteiger partial charge on any atom is 0.143 e. The highest BCUT2D eigenvalue weighted by Gasteiger charge is 2.20. The van der Waals surface area contributed by atoms with E-state index in [0.717, 1.165) is 68.8 Å². The van der Waals surface area contributed by atoms with Crippen molar-refractivity contribution in [3.05, 3.63) is 84.9 Å². The fourth-order valence-electron chi connectivity index (χ4n) is 5.12. The lowest BCUT2D eigenvalue weighted by Crippen LogP contribution is -2.25. The van der Waals surface area contributed by atoms with Crippen molar-refractivity contribution in [3.63, 3.8) is 0 Å². The lowest BCUT2D eigenvalue weighted by Gasteiger charge is -2.15. The first-order valence-electron chi connectivity index (χ1n) is 12.3. The highest BCUT2D eigenvalue weighted by atomic mass is 35.5. The van der Waals surface area contributed by atoms with Crippen molar-refractivity contribution < 1.29 is 13.9 Å². The van der Waals surface area contributed by atoms with Crippen LogP contribution in [0.25, 0.3) is 44.2 Å². The van der Waals surface area contributed by atoms with Gasteiger partial charge in [-0.25, -0.2) is 0 Å². The molecule has 4 nitrogen and oxygen atoms in total. The molecule has 0 saturated carbocycles. The molecular weight excluding hydrogens is 470 g/mol. The molecule has 2 heterocycles. The van der Waals surface area contributed by atoms with Crippen LogP contribution in [0.5, 0.6) is 11.5 Å². The van der Waals surface area contributed by atoms with Crippen molar-refractivity contribution in [2.75, 3.05) is 33.4 Å². The average Bonchev–Trinajstić information content (AvgIpc) is 3.57. The molecule has 36 heavy (non-hydrogen) atoms. The van der Waals surface area contributed by atoms with Crippen molar-refractivity contribution in [2.45, 2.75) is 12.8 Å². The Labute approximate surface area is 217 Å². The van der Waals surface area contributed by atoms with Crippen LogP contribution >= 0.6 is 12.4 Å². The number of likely N-dealkylation sites (tertiary alicyclic amines) is 1. The Kier molecular flexibility index (Phi) is 7.17. The van der Waals surface area contributed by atoms with Gasteiger partial charge in [0.1, 0.15) is 29.4 Å². The summed E-state index contributed by atoms with van der Waals surface area (Å²) in [5, 5.41) is 3.39. The highest BCUT2D eigenvalue weighted by molar-refractivity contribution is 6.16. The smallest absolute Gasteiger partial charge is 0.143 e. The predicted octanol–water partition coefficient (Wildman–Crippen LogP) is 7.83. The summed E-state index contributed by atoms with van der Waals surface area (Å²) >= 11 is 0. The van der Waals surface area contributed by atoms with E-state index in [2.05, 4.69) is 65.6 Å². The highest BCUT2D eigenvalue weighted by Crippen LogP contribution is 2.44. The molecule has 1 aromatic heterocycles. The van der Waals surface area contributed by atoms with Crippen LogP contribution in [-0.2, 0) is 0 Å². The number of ether oxygens (including phenoxy) is 2. The first kappa shape index (κ1) is 24.2. The van der Waals surface area contributed by atoms with Gasteiger partial charge in [-0.2, -0.15) is 0 Å². The SMILES string of the molecule is COc1ccc2c(ccc3oc(-c4ccccc4)c(-c4ccc(OCCN5CCCC5)cc4)c32)c1.Cl. The van der Waals surface area contributed by atoms with Crippen molar-refractivity contribution in [2.24, 2.45) is 0 Å². The average molecular weight is 500 g/mol. The van der Waals surface area contributed by atoms with Gasteiger partial charge in [0.25, 0.3) is 0 Å². The fourth-order valence-corrected chi connectivity index (χ4v) is 5.12. The van der Waals surface area contributed by atoms with Crippen LogP contribution in [0, 0.1) is 0 Å². The van der Waals surface area contributed by atoms with E-state index in [0.29, 0.717) is 0 Å². The predicted molar refractivity (Wildman–Crippen MR) is 150 cm³/mol. The second-order valence-corrected chi connectivity index (χ2v) is 9.12. The molecule has 4 aromatic carbocycles. The molecule has 5 aromatic rings. The molecule has 0 unspecified atom stereocenters. The molecule has 1 fully saturated rings. The first-order chi connectivity index (χ1) is 17.3. The molecule has 0 atom stereocenters. The lowest BCUT2D eigenvalue weighted by molar-refractivity contribution is 0.238. The number of benzene rings is 4. The van der Waals surface area contributed by atoms with Crippen LogP contribution in [0.15, 0.2) is 89.3 Å². The van der Waals surface area contributed by atoms with Crippen molar-refractivity contribution in [1.29, 1.82) is 0 Å². The number of methoxy groups -OCH3 is 1. The minimum atomic E-state index is 0. The van der Waals surface area contributed by atoms with E-state index in [9.17, 15) is 0 Å². The molecule has 184 valence electrons. The molecule has 0 spiro atoms. The summed E-state index contributed by atoms with van der Waals surface area (Å²) in [6, 6.07) is 29.1. The lowest BCUT2D eigenvalue weighted by atomic mass is 9.95. The molecule has 0 amide bonds. The van der Waals surface area contributed by atoms with Crippen LogP contribution in [0.3, 0.4) is 0 Å². The molecule has 6 rings (SSSR count). The molecule has 0 radical (unpaired) electrons. The third-order valence-electron chi connectivity index (χ3n) is 6.93. The van der Waals surface area contributed by atoms with Gasteiger partial charge in [0.2, 0.25) is 0 Å². The largest absolute Gasteiger partial charge is 0.497 e. The van der Waals surface area contributed by atoms with Crippen LogP contribution in [0.1, 0.15) is 12.8 Å². The van der Waals surface area contributed by atoms with Crippen LogP contribution < -0.4 is 9.47 Å². The number of rotatable bonds is 7. The topological polar surface area (TPSA) is 34.8 Å². The third-order valence-corrected chi connectivity index (χ3v) is 6.93. The second kappa shape index (κ2) is 10.7. The number of fused-ring (bicyclic) bond motifs is 3. The number of hydrogen-bond donors (Lipinski definition) is 0. The number of nitrogens with zero attached hydrogens (tertiary/aromatic N) is 1. The Morgan fingerprint density at radius 1 is 0.806 bits per heavy atom. The summed E-state index contributed by atoms with van der Waals surface area (Å²) in [6.45, 7) is 4.09. The van der Waals surface area contributed by atoms with Crippen molar-refractivity contribution >= 4 is 34.1 Å². The van der Waals surface area contributed by atoms with Gasteiger partial charge in [0.15, 0.2) is 0 Å². The van der Waals surface area contributed by atoms with E-state index in [-0.39, 0.29) is 12.4 Å². The van der Waals surface area contributed by atoms with Gasteiger partial charge >= 0.3 is 0 Å². The number of hydrogen-bond acceptors (Lipinski definition) is 4. The molecule has 0 N–H and O–H groups in total. The summed E-state index contributed by atoms with van der Waals surface area (Å²) in [7, 11) is 1.70. The molecule has 1 aliphatic rings. The van der Waals surface area contributed by atoms with Gasteiger partial charge in [-0.05, 0) is 78.7 Å². The first-order valence-corrected chi connectivity index (χ1v) is 12.3. The normalized spacial score (nSPS) is 13.7. The molecule has 0 bridgehead atoms. The summed E-state index contributed by atoms with van der Waals surface area (Å²) in [5.41, 5.74) is 4.15. The number of furan rings is 1. The zero-order valence-corrected chi connectivity index (χ0v) is 21.2. The van der Waals surface area contributed by atoms with Gasteiger partial charge in [-0.1, -0.05) is 48.5 Å². The third kappa shape index (κ3) is 4.67. The van der Waals surface area contributed by atoms with E-state index in [1.807, 2.05) is 24.3 Å². The van der Waals surface area contributed by atoms with Crippen LogP contribution in [0.2, 0.25) is 0 Å². The summed E-state index contributed by atoms with van der Waals surface area (Å²) in [5.74, 6) is 2.63. The maximum absolute atomic E-state index is 6.49. The van der Waals surface area contributed by atoms with Crippen LogP contribution in [0.4, 0.5) is 0 Å². The Morgan fingerprint density at radius 3 is 2.31 bits per heavy atom. The second-order valence-electron chi connectivity index (χ2n) is 9.12. The molecule has 1 aliphatic heterocycles. The minimum absolute atomic E-state index is 0. The van der Waals surface area contributed by atoms with Crippen molar-refractivity contribution in [3.8, 4) is 33.9 Å². The Hall–Kier alpha value is -3.47. The maximum atomic E-state index is 6.49. The monoisotopic (exact) mass is 499 g/mol. The Bertz CT molecular complexity index is 1450. The van der Waals surface area contributed by atoms with Gasteiger partial charge in [0, 0.05) is 23.1 Å². The zero-order valence-electron chi connectivity index (χ0n) is 20.4. The van der Waals surface area contributed by atoms with E-state index in [1.54, 1.807) is 7.11 Å². The van der Waals surface area contributed by atoms with E-state index < -0.39 is 0 Å². The van der Waals surface area contributed by atoms with E-state index >= 15 is 0 Å². The fraction of sp³-hybridized carbons (Fsp3) is 0.226. The van der Waals surface area contributed by atoms with Gasteiger partial charge in [0.05, 0.1) is 7.11 Å². The quantitative estimate of drug-likeness (QED) is 0.228. The molecule has 0 aliphatic carbocycles. The molecule has 1 saturated heterocycles. The number of halogens is 1. The van der Waals surface area contributed by atoms with Crippen molar-refractivity contribution in [1.82, 2.24) is 4.90 Å². The molecule has 5 heteroatoms. The summed E-state index contributed by atoms with van der Waals surface area (Å²) < 4.78 is 18.0. The molecular formula is C31H30ClNO3. The van der Waals surface area contributed by atoms with Gasteiger partial charge in [-0.15, -0.1) is 12.4 Å². The summed E-state index contributed by atoms with van der Waals surface area (Å²) in [6.07, 6.45) is 2.61. The van der Waals surface area contributed by atoms with Gasteiger partial charge in [-0.3, -0.25) is 4.90 Å². The summed E-state index contributed by atoms with van der Waals surface area (Å²) in [4.78, 5) is 2.47. The van der Waals surface area contributed by atoms with Gasteiger partial charge < -0.3 is 13.9 Å².